The Hall–Kier alpha value is -1.52. The van der Waals surface area contributed by atoms with E-state index in [4.69, 9.17) is 0 Å². The van der Waals surface area contributed by atoms with Crippen LogP contribution in [0.15, 0.2) is 15.7 Å². The van der Waals surface area contributed by atoms with Crippen LogP contribution in [0.5, 0.6) is 5.88 Å². The Morgan fingerprint density at radius 3 is 1.80 bits per heavy atom. The van der Waals surface area contributed by atoms with Gasteiger partial charge in [-0.25, -0.2) is 4.79 Å². The van der Waals surface area contributed by atoms with E-state index < -0.39 is 5.56 Å². The van der Waals surface area contributed by atoms with Crippen molar-refractivity contribution in [3.63, 3.8) is 0 Å². The fourth-order valence-corrected chi connectivity index (χ4v) is 3.29. The minimum absolute atomic E-state index is 0.206. The Kier molecular flexibility index (Phi) is 9.61. The van der Waals surface area contributed by atoms with Crippen molar-refractivity contribution < 1.29 is 5.11 Å². The van der Waals surface area contributed by atoms with Crippen LogP contribution in [0.1, 0.15) is 79.1 Å². The van der Waals surface area contributed by atoms with Gasteiger partial charge in [-0.2, -0.15) is 0 Å². The summed E-state index contributed by atoms with van der Waals surface area (Å²) in [5.74, 6) is 0.463. The van der Waals surface area contributed by atoms with Gasteiger partial charge in [-0.15, -0.1) is 0 Å². The molecular weight excluding hydrogens is 316 g/mol. The predicted molar refractivity (Wildman–Crippen MR) is 103 cm³/mol. The molecule has 144 valence electrons. The van der Waals surface area contributed by atoms with Gasteiger partial charge in [0.25, 0.3) is 5.56 Å². The molecule has 0 spiro atoms. The minimum Gasteiger partial charge on any atom is -0.494 e. The monoisotopic (exact) mass is 352 g/mol. The molecular formula is C20H36N2O3. The second-order valence-electron chi connectivity index (χ2n) is 7.18. The lowest BCUT2D eigenvalue weighted by molar-refractivity contribution is 0.314. The van der Waals surface area contributed by atoms with Crippen LogP contribution in [0.2, 0.25) is 0 Å². The molecule has 1 rings (SSSR count). The van der Waals surface area contributed by atoms with Crippen molar-refractivity contribution in [1.82, 2.24) is 9.13 Å². The number of hydrogen-bond acceptors (Lipinski definition) is 3. The quantitative estimate of drug-likeness (QED) is 0.614. The number of rotatable bonds is 12. The van der Waals surface area contributed by atoms with Crippen LogP contribution < -0.4 is 11.2 Å². The molecule has 0 saturated heterocycles. The molecule has 25 heavy (non-hydrogen) atoms. The maximum Gasteiger partial charge on any atom is 0.333 e. The number of aromatic hydroxyl groups is 1. The minimum atomic E-state index is -0.393. The van der Waals surface area contributed by atoms with Gasteiger partial charge in [0.05, 0.1) is 6.07 Å². The average molecular weight is 353 g/mol. The van der Waals surface area contributed by atoms with E-state index in [2.05, 4.69) is 27.7 Å². The predicted octanol–water partition coefficient (Wildman–Crippen LogP) is 4.15. The third-order valence-electron chi connectivity index (χ3n) is 5.23. The second-order valence-corrected chi connectivity index (χ2v) is 7.18. The van der Waals surface area contributed by atoms with Gasteiger partial charge in [-0.3, -0.25) is 13.9 Å². The number of nitrogens with zero attached hydrogens (tertiary/aromatic N) is 2. The molecule has 1 heterocycles. The van der Waals surface area contributed by atoms with Gasteiger partial charge in [0, 0.05) is 13.1 Å². The molecule has 0 bridgehead atoms. The molecule has 0 aromatic carbocycles. The molecule has 2 atom stereocenters. The summed E-state index contributed by atoms with van der Waals surface area (Å²) in [4.78, 5) is 25.1. The first-order valence-electron chi connectivity index (χ1n) is 10.0. The third kappa shape index (κ3) is 6.37. The van der Waals surface area contributed by atoms with Crippen molar-refractivity contribution in [1.29, 1.82) is 0 Å². The van der Waals surface area contributed by atoms with E-state index in [0.717, 1.165) is 51.4 Å². The molecule has 1 aromatic heterocycles. The molecule has 0 fully saturated rings. The Balaban J connectivity index is 3.08. The van der Waals surface area contributed by atoms with E-state index >= 15 is 0 Å². The topological polar surface area (TPSA) is 64.2 Å². The van der Waals surface area contributed by atoms with Gasteiger partial charge < -0.3 is 5.11 Å². The first kappa shape index (κ1) is 21.5. The fourth-order valence-electron chi connectivity index (χ4n) is 3.29. The summed E-state index contributed by atoms with van der Waals surface area (Å²) in [6.45, 7) is 9.43. The summed E-state index contributed by atoms with van der Waals surface area (Å²) in [7, 11) is 0. The normalized spacial score (nSPS) is 13.8. The summed E-state index contributed by atoms with van der Waals surface area (Å²) in [6, 6.07) is 1.19. The van der Waals surface area contributed by atoms with Crippen molar-refractivity contribution in [2.45, 2.75) is 92.2 Å². The standard InChI is InChI=1S/C20H36N2O3/c1-5-9-11-16(7-3)14-21-18(23)13-19(24)22(20(21)25)15-17(8-4)12-10-6-2/h13,16-17,23H,5-12,14-15H2,1-4H3. The van der Waals surface area contributed by atoms with E-state index in [1.165, 1.54) is 15.2 Å². The van der Waals surface area contributed by atoms with Gasteiger partial charge >= 0.3 is 5.69 Å². The zero-order chi connectivity index (χ0) is 18.8. The first-order valence-corrected chi connectivity index (χ1v) is 10.0. The highest BCUT2D eigenvalue weighted by molar-refractivity contribution is 5.07. The Labute approximate surface area is 151 Å². The summed E-state index contributed by atoms with van der Waals surface area (Å²) in [5.41, 5.74) is -0.759. The zero-order valence-electron chi connectivity index (χ0n) is 16.5. The van der Waals surface area contributed by atoms with Crippen LogP contribution >= 0.6 is 0 Å². The maximum absolute atomic E-state index is 12.8. The second kappa shape index (κ2) is 11.2. The zero-order valence-corrected chi connectivity index (χ0v) is 16.5. The summed E-state index contributed by atoms with van der Waals surface area (Å²) in [6.07, 6.45) is 8.41. The van der Waals surface area contributed by atoms with E-state index in [1.54, 1.807) is 0 Å². The number of hydrogen-bond donors (Lipinski definition) is 1. The lowest BCUT2D eigenvalue weighted by Crippen LogP contribution is -2.41. The van der Waals surface area contributed by atoms with E-state index in [-0.39, 0.29) is 11.6 Å². The SMILES string of the molecule is CCCCC(CC)Cn1c(O)cc(=O)n(CC(CC)CCCC)c1=O. The molecule has 1 aromatic rings. The molecule has 0 amide bonds. The van der Waals surface area contributed by atoms with Gasteiger partial charge in [-0.05, 0) is 24.7 Å². The molecule has 0 aliphatic rings. The van der Waals surface area contributed by atoms with Crippen molar-refractivity contribution in [3.05, 3.63) is 26.9 Å². The molecule has 1 N–H and O–H groups in total. The number of aromatic nitrogens is 2. The molecule has 0 radical (unpaired) electrons. The number of unbranched alkanes of at least 4 members (excludes halogenated alkanes) is 2. The molecule has 2 unspecified atom stereocenters. The van der Waals surface area contributed by atoms with Gasteiger partial charge in [-0.1, -0.05) is 66.2 Å². The highest BCUT2D eigenvalue weighted by Gasteiger charge is 2.17. The first-order chi connectivity index (χ1) is 12.0. The largest absolute Gasteiger partial charge is 0.494 e. The van der Waals surface area contributed by atoms with Crippen molar-refractivity contribution in [3.8, 4) is 5.88 Å². The van der Waals surface area contributed by atoms with Crippen LogP contribution in [-0.2, 0) is 13.1 Å². The van der Waals surface area contributed by atoms with Gasteiger partial charge in [0.2, 0.25) is 5.88 Å². The molecule has 0 aliphatic heterocycles. The molecule has 5 heteroatoms. The van der Waals surface area contributed by atoms with Crippen LogP contribution in [0.4, 0.5) is 0 Å². The highest BCUT2D eigenvalue weighted by Crippen LogP contribution is 2.17. The van der Waals surface area contributed by atoms with Crippen LogP contribution in [0, 0.1) is 11.8 Å². The van der Waals surface area contributed by atoms with Gasteiger partial charge in [0.15, 0.2) is 0 Å². The van der Waals surface area contributed by atoms with Crippen molar-refractivity contribution >= 4 is 0 Å². The van der Waals surface area contributed by atoms with E-state index in [9.17, 15) is 14.7 Å². The smallest absolute Gasteiger partial charge is 0.333 e. The summed E-state index contributed by atoms with van der Waals surface area (Å²) in [5, 5.41) is 10.1. The molecule has 0 aliphatic carbocycles. The Morgan fingerprint density at radius 2 is 1.36 bits per heavy atom. The summed E-state index contributed by atoms with van der Waals surface area (Å²) < 4.78 is 2.70. The molecule has 0 saturated carbocycles. The highest BCUT2D eigenvalue weighted by atomic mass is 16.3. The lowest BCUT2D eigenvalue weighted by Gasteiger charge is -2.20. The average Bonchev–Trinajstić information content (AvgIpc) is 2.60. The van der Waals surface area contributed by atoms with Crippen LogP contribution in [-0.4, -0.2) is 14.2 Å². The lowest BCUT2D eigenvalue weighted by atomic mass is 9.99. The van der Waals surface area contributed by atoms with Crippen LogP contribution in [0.25, 0.3) is 0 Å². The Bertz CT molecular complexity index is 618. The molecule has 5 nitrogen and oxygen atoms in total. The van der Waals surface area contributed by atoms with Crippen LogP contribution in [0.3, 0.4) is 0 Å². The van der Waals surface area contributed by atoms with E-state index in [0.29, 0.717) is 24.9 Å². The van der Waals surface area contributed by atoms with Crippen molar-refractivity contribution in [2.24, 2.45) is 11.8 Å². The maximum atomic E-state index is 12.8. The summed E-state index contributed by atoms with van der Waals surface area (Å²) >= 11 is 0. The fraction of sp³-hybridized carbons (Fsp3) is 0.800. The third-order valence-corrected chi connectivity index (χ3v) is 5.23. The van der Waals surface area contributed by atoms with Crippen molar-refractivity contribution in [2.75, 3.05) is 0 Å². The Morgan fingerprint density at radius 1 is 0.880 bits per heavy atom. The van der Waals surface area contributed by atoms with Gasteiger partial charge in [0.1, 0.15) is 0 Å². The van der Waals surface area contributed by atoms with E-state index in [1.807, 2.05) is 0 Å².